The van der Waals surface area contributed by atoms with Crippen molar-refractivity contribution in [1.82, 2.24) is 5.32 Å². The van der Waals surface area contributed by atoms with Crippen molar-refractivity contribution in [3.63, 3.8) is 0 Å². The second-order valence-corrected chi connectivity index (χ2v) is 4.23. The molecule has 0 aliphatic carbocycles. The van der Waals surface area contributed by atoms with Gasteiger partial charge in [0, 0.05) is 17.5 Å². The van der Waals surface area contributed by atoms with E-state index in [0.717, 1.165) is 24.0 Å². The van der Waals surface area contributed by atoms with Crippen LogP contribution in [0.25, 0.3) is 0 Å². The predicted octanol–water partition coefficient (Wildman–Crippen LogP) is 2.66. The predicted molar refractivity (Wildman–Crippen MR) is 56.2 cm³/mol. The number of benzene rings is 1. The largest absolute Gasteiger partial charge is 0.316 e. The van der Waals surface area contributed by atoms with Gasteiger partial charge in [0.25, 0.3) is 0 Å². The lowest BCUT2D eigenvalue weighted by atomic mass is 9.90. The Morgan fingerprint density at radius 3 is 2.85 bits per heavy atom. The van der Waals surface area contributed by atoms with Crippen LogP contribution < -0.4 is 5.32 Å². The molecule has 1 N–H and O–H groups in total. The van der Waals surface area contributed by atoms with Crippen LogP contribution in [0, 0.1) is 5.92 Å². The van der Waals surface area contributed by atoms with Crippen molar-refractivity contribution in [3.05, 3.63) is 34.9 Å². The van der Waals surface area contributed by atoms with Gasteiger partial charge in [0.1, 0.15) is 0 Å². The monoisotopic (exact) mass is 195 g/mol. The van der Waals surface area contributed by atoms with Gasteiger partial charge in [0.2, 0.25) is 0 Å². The van der Waals surface area contributed by atoms with Gasteiger partial charge in [-0.05, 0) is 30.2 Å². The maximum absolute atomic E-state index is 5.95. The highest BCUT2D eigenvalue weighted by molar-refractivity contribution is 6.30. The molecule has 1 aromatic carbocycles. The van der Waals surface area contributed by atoms with Gasteiger partial charge in [-0.15, -0.1) is 0 Å². The van der Waals surface area contributed by atoms with Crippen LogP contribution in [-0.4, -0.2) is 13.1 Å². The summed E-state index contributed by atoms with van der Waals surface area (Å²) in [6, 6.07) is 8.20. The molecule has 1 aromatic rings. The fraction of sp³-hybridized carbons (Fsp3) is 0.455. The molecular formula is C11H14ClN. The molecule has 0 spiro atoms. The first kappa shape index (κ1) is 9.04. The molecule has 0 saturated carbocycles. The molecule has 0 unspecified atom stereocenters. The quantitative estimate of drug-likeness (QED) is 0.727. The molecule has 1 aliphatic heterocycles. The summed E-state index contributed by atoms with van der Waals surface area (Å²) in [4.78, 5) is 0. The van der Waals surface area contributed by atoms with Gasteiger partial charge in [0.05, 0.1) is 0 Å². The van der Waals surface area contributed by atoms with Crippen LogP contribution in [-0.2, 0) is 0 Å². The summed E-state index contributed by atoms with van der Waals surface area (Å²) in [5, 5.41) is 4.24. The molecule has 2 heteroatoms. The first-order valence-corrected chi connectivity index (χ1v) is 5.11. The lowest BCUT2D eigenvalue weighted by molar-refractivity contribution is 0.572. The third kappa shape index (κ3) is 1.87. The number of hydrogen-bond acceptors (Lipinski definition) is 1. The molecule has 1 aliphatic rings. The smallest absolute Gasteiger partial charge is 0.0408 e. The van der Waals surface area contributed by atoms with E-state index < -0.39 is 0 Å². The average molecular weight is 196 g/mol. The molecule has 0 radical (unpaired) electrons. The molecule has 1 fully saturated rings. The summed E-state index contributed by atoms with van der Waals surface area (Å²) in [5.41, 5.74) is 1.37. The van der Waals surface area contributed by atoms with E-state index in [1.165, 1.54) is 5.56 Å². The molecule has 0 bridgehead atoms. The van der Waals surface area contributed by atoms with Gasteiger partial charge in [-0.1, -0.05) is 30.7 Å². The Hall–Kier alpha value is -0.530. The van der Waals surface area contributed by atoms with Crippen molar-refractivity contribution in [2.75, 3.05) is 13.1 Å². The number of hydrogen-bond donors (Lipinski definition) is 1. The molecule has 2 atom stereocenters. The van der Waals surface area contributed by atoms with E-state index in [-0.39, 0.29) is 0 Å². The standard InChI is InChI=1S/C11H14ClN/c1-8-6-13-7-11(8)9-3-2-4-10(12)5-9/h2-5,8,11,13H,6-7H2,1H3/t8-,11-/m1/s1. The second-order valence-electron chi connectivity index (χ2n) is 3.80. The lowest BCUT2D eigenvalue weighted by Gasteiger charge is -2.14. The van der Waals surface area contributed by atoms with Crippen molar-refractivity contribution < 1.29 is 0 Å². The molecule has 1 saturated heterocycles. The summed E-state index contributed by atoms with van der Waals surface area (Å²) in [6.07, 6.45) is 0. The summed E-state index contributed by atoms with van der Waals surface area (Å²) in [7, 11) is 0. The summed E-state index contributed by atoms with van der Waals surface area (Å²) in [6.45, 7) is 4.49. The van der Waals surface area contributed by atoms with Gasteiger partial charge < -0.3 is 5.32 Å². The van der Waals surface area contributed by atoms with Crippen LogP contribution in [0.2, 0.25) is 5.02 Å². The molecule has 1 heterocycles. The number of halogens is 1. The Labute approximate surface area is 84.1 Å². The third-order valence-corrected chi connectivity index (χ3v) is 3.03. The van der Waals surface area contributed by atoms with Crippen molar-refractivity contribution in [1.29, 1.82) is 0 Å². The molecule has 0 aromatic heterocycles. The van der Waals surface area contributed by atoms with Crippen molar-refractivity contribution in [3.8, 4) is 0 Å². The summed E-state index contributed by atoms with van der Waals surface area (Å²) >= 11 is 5.95. The van der Waals surface area contributed by atoms with Crippen LogP contribution >= 0.6 is 11.6 Å². The van der Waals surface area contributed by atoms with Gasteiger partial charge in [-0.25, -0.2) is 0 Å². The van der Waals surface area contributed by atoms with Crippen LogP contribution in [0.3, 0.4) is 0 Å². The minimum Gasteiger partial charge on any atom is -0.316 e. The van der Waals surface area contributed by atoms with E-state index in [1.807, 2.05) is 12.1 Å². The maximum atomic E-state index is 5.95. The minimum atomic E-state index is 0.638. The van der Waals surface area contributed by atoms with E-state index in [4.69, 9.17) is 11.6 Å². The summed E-state index contributed by atoms with van der Waals surface area (Å²) in [5.74, 6) is 1.36. The highest BCUT2D eigenvalue weighted by atomic mass is 35.5. The van der Waals surface area contributed by atoms with E-state index in [2.05, 4.69) is 24.4 Å². The van der Waals surface area contributed by atoms with Gasteiger partial charge in [-0.2, -0.15) is 0 Å². The molecule has 2 rings (SSSR count). The topological polar surface area (TPSA) is 12.0 Å². The third-order valence-electron chi connectivity index (χ3n) is 2.79. The SMILES string of the molecule is C[C@@H]1CNC[C@H]1c1cccc(Cl)c1. The van der Waals surface area contributed by atoms with E-state index in [1.54, 1.807) is 0 Å². The van der Waals surface area contributed by atoms with Crippen molar-refractivity contribution in [2.45, 2.75) is 12.8 Å². The van der Waals surface area contributed by atoms with Crippen molar-refractivity contribution in [2.24, 2.45) is 5.92 Å². The zero-order chi connectivity index (χ0) is 9.26. The molecule has 13 heavy (non-hydrogen) atoms. The Morgan fingerprint density at radius 2 is 2.23 bits per heavy atom. The van der Waals surface area contributed by atoms with Gasteiger partial charge in [-0.3, -0.25) is 0 Å². The van der Waals surface area contributed by atoms with Crippen LogP contribution in [0.15, 0.2) is 24.3 Å². The van der Waals surface area contributed by atoms with Crippen LogP contribution in [0.5, 0.6) is 0 Å². The van der Waals surface area contributed by atoms with E-state index in [0.29, 0.717) is 5.92 Å². The fourth-order valence-corrected chi connectivity index (χ4v) is 2.19. The Balaban J connectivity index is 2.24. The highest BCUT2D eigenvalue weighted by Gasteiger charge is 2.24. The first-order chi connectivity index (χ1) is 6.27. The molecular weight excluding hydrogens is 182 g/mol. The Morgan fingerprint density at radius 1 is 1.38 bits per heavy atom. The first-order valence-electron chi connectivity index (χ1n) is 4.73. The Kier molecular flexibility index (Phi) is 2.56. The molecule has 1 nitrogen and oxygen atoms in total. The minimum absolute atomic E-state index is 0.638. The zero-order valence-corrected chi connectivity index (χ0v) is 8.51. The van der Waals surface area contributed by atoms with Crippen molar-refractivity contribution >= 4 is 11.6 Å². The van der Waals surface area contributed by atoms with Gasteiger partial charge in [0.15, 0.2) is 0 Å². The second kappa shape index (κ2) is 3.69. The lowest BCUT2D eigenvalue weighted by Crippen LogP contribution is -2.07. The van der Waals surface area contributed by atoms with E-state index >= 15 is 0 Å². The van der Waals surface area contributed by atoms with Crippen LogP contribution in [0.1, 0.15) is 18.4 Å². The normalized spacial score (nSPS) is 27.8. The van der Waals surface area contributed by atoms with E-state index in [9.17, 15) is 0 Å². The number of rotatable bonds is 1. The highest BCUT2D eigenvalue weighted by Crippen LogP contribution is 2.28. The van der Waals surface area contributed by atoms with Gasteiger partial charge >= 0.3 is 0 Å². The average Bonchev–Trinajstić information content (AvgIpc) is 2.51. The fourth-order valence-electron chi connectivity index (χ4n) is 1.99. The number of nitrogens with one attached hydrogen (secondary N) is 1. The van der Waals surface area contributed by atoms with Crippen LogP contribution in [0.4, 0.5) is 0 Å². The molecule has 0 amide bonds. The zero-order valence-electron chi connectivity index (χ0n) is 7.76. The molecule has 70 valence electrons. The summed E-state index contributed by atoms with van der Waals surface area (Å²) < 4.78 is 0. The maximum Gasteiger partial charge on any atom is 0.0408 e. The Bertz CT molecular complexity index is 298.